The van der Waals surface area contributed by atoms with E-state index in [0.29, 0.717) is 6.92 Å². The summed E-state index contributed by atoms with van der Waals surface area (Å²) in [6.07, 6.45) is -4.03. The van der Waals surface area contributed by atoms with Crippen LogP contribution in [0.15, 0.2) is 18.2 Å². The summed E-state index contributed by atoms with van der Waals surface area (Å²) in [7, 11) is 0. The summed E-state index contributed by atoms with van der Waals surface area (Å²) < 4.78 is 48.1. The Morgan fingerprint density at radius 2 is 1.80 bits per heavy atom. The van der Waals surface area contributed by atoms with Gasteiger partial charge in [-0.1, -0.05) is 0 Å². The molecule has 3 nitrogen and oxygen atoms in total. The lowest BCUT2D eigenvalue weighted by Gasteiger charge is -2.35. The molecule has 1 aromatic carbocycles. The minimum Gasteiger partial charge on any atom is -0.446 e. The molecule has 2 N–H and O–H groups in total. The van der Waals surface area contributed by atoms with E-state index in [1.54, 1.807) is 0 Å². The third-order valence-corrected chi connectivity index (χ3v) is 2.03. The van der Waals surface area contributed by atoms with E-state index in [1.807, 2.05) is 0 Å². The molecule has 82 valence electrons. The molecule has 0 saturated carbocycles. The fourth-order valence-electron chi connectivity index (χ4n) is 1.18. The summed E-state index contributed by atoms with van der Waals surface area (Å²) in [5, 5.41) is 0. The molecule has 0 spiro atoms. The Labute approximate surface area is 83.6 Å². The second-order valence-electron chi connectivity index (χ2n) is 3.34. The van der Waals surface area contributed by atoms with Crippen molar-refractivity contribution in [3.63, 3.8) is 0 Å². The largest absolute Gasteiger partial charge is 0.471 e. The highest BCUT2D eigenvalue weighted by molar-refractivity contribution is 5.53. The molecule has 15 heavy (non-hydrogen) atoms. The van der Waals surface area contributed by atoms with Gasteiger partial charge in [0.15, 0.2) is 11.5 Å². The van der Waals surface area contributed by atoms with Crippen LogP contribution in [-0.2, 0) is 0 Å². The summed E-state index contributed by atoms with van der Waals surface area (Å²) in [4.78, 5) is 0. The van der Waals surface area contributed by atoms with Gasteiger partial charge in [-0.05, 0) is 12.1 Å². The van der Waals surface area contributed by atoms with E-state index in [1.165, 1.54) is 12.1 Å². The lowest BCUT2D eigenvalue weighted by molar-refractivity contribution is -0.332. The molecule has 1 heterocycles. The predicted octanol–water partition coefficient (Wildman–Crippen LogP) is 2.32. The first-order valence-corrected chi connectivity index (χ1v) is 4.16. The van der Waals surface area contributed by atoms with Crippen molar-refractivity contribution in [2.24, 2.45) is 0 Å². The number of rotatable bonds is 0. The van der Waals surface area contributed by atoms with Gasteiger partial charge < -0.3 is 15.2 Å². The molecule has 0 aromatic heterocycles. The van der Waals surface area contributed by atoms with Crippen molar-refractivity contribution in [1.82, 2.24) is 0 Å². The minimum absolute atomic E-state index is 0.0971. The van der Waals surface area contributed by atoms with Crippen LogP contribution in [0.2, 0.25) is 0 Å². The Balaban J connectivity index is 2.47. The highest BCUT2D eigenvalue weighted by atomic mass is 19.3. The molecule has 0 bridgehead atoms. The van der Waals surface area contributed by atoms with Crippen LogP contribution < -0.4 is 15.2 Å². The van der Waals surface area contributed by atoms with Crippen molar-refractivity contribution in [3.8, 4) is 11.5 Å². The number of ether oxygens (including phenoxy) is 2. The molecule has 1 atom stereocenters. The number of anilines is 1. The van der Waals surface area contributed by atoms with Gasteiger partial charge in [0, 0.05) is 18.7 Å². The van der Waals surface area contributed by atoms with Crippen molar-refractivity contribution in [2.75, 3.05) is 5.73 Å². The van der Waals surface area contributed by atoms with E-state index in [-0.39, 0.29) is 17.2 Å². The van der Waals surface area contributed by atoms with Gasteiger partial charge in [0.2, 0.25) is 0 Å². The number of benzene rings is 1. The fraction of sp³-hybridized carbons (Fsp3) is 0.333. The zero-order valence-electron chi connectivity index (χ0n) is 7.76. The molecule has 0 amide bonds. The Morgan fingerprint density at radius 1 is 1.13 bits per heavy atom. The number of hydrogen-bond acceptors (Lipinski definition) is 3. The summed E-state index contributed by atoms with van der Waals surface area (Å²) in [5.41, 5.74) is 5.60. The lowest BCUT2D eigenvalue weighted by Crippen LogP contribution is -2.53. The first kappa shape index (κ1) is 9.95. The molecule has 2 rings (SSSR count). The van der Waals surface area contributed by atoms with E-state index >= 15 is 0 Å². The number of alkyl halides is 3. The average Bonchev–Trinajstić information content (AvgIpc) is 2.07. The zero-order valence-corrected chi connectivity index (χ0v) is 7.76. The van der Waals surface area contributed by atoms with Crippen molar-refractivity contribution >= 4 is 5.69 Å². The van der Waals surface area contributed by atoms with Crippen molar-refractivity contribution in [3.05, 3.63) is 18.2 Å². The van der Waals surface area contributed by atoms with Gasteiger partial charge in [0.25, 0.3) is 0 Å². The molecule has 1 aliphatic heterocycles. The molecular formula is C9H8F3NO2. The number of halogens is 3. The van der Waals surface area contributed by atoms with Crippen LogP contribution in [0, 0.1) is 0 Å². The normalized spacial score (nSPS) is 27.5. The van der Waals surface area contributed by atoms with Crippen LogP contribution in [0.5, 0.6) is 11.5 Å². The Hall–Kier alpha value is -1.59. The maximum atomic E-state index is 13.3. The molecule has 0 fully saturated rings. The van der Waals surface area contributed by atoms with E-state index in [0.717, 1.165) is 6.07 Å². The van der Waals surface area contributed by atoms with Gasteiger partial charge in [-0.2, -0.15) is 13.2 Å². The molecule has 0 saturated heterocycles. The second kappa shape index (κ2) is 2.71. The molecule has 1 aliphatic rings. The summed E-state index contributed by atoms with van der Waals surface area (Å²) >= 11 is 0. The molecule has 6 heteroatoms. The highest BCUT2D eigenvalue weighted by Crippen LogP contribution is 2.46. The highest BCUT2D eigenvalue weighted by Gasteiger charge is 2.60. The Morgan fingerprint density at radius 3 is 2.47 bits per heavy atom. The van der Waals surface area contributed by atoms with Crippen molar-refractivity contribution in [2.45, 2.75) is 18.9 Å². The quantitative estimate of drug-likeness (QED) is 0.681. The molecule has 0 aliphatic carbocycles. The first-order chi connectivity index (χ1) is 6.82. The number of nitrogen functional groups attached to an aromatic ring is 1. The second-order valence-corrected chi connectivity index (χ2v) is 3.34. The van der Waals surface area contributed by atoms with Crippen molar-refractivity contribution < 1.29 is 22.6 Å². The summed E-state index contributed by atoms with van der Waals surface area (Å²) in [6.45, 7) is 0.603. The van der Waals surface area contributed by atoms with Crippen LogP contribution in [0.25, 0.3) is 0 Å². The monoisotopic (exact) mass is 219 g/mol. The van der Waals surface area contributed by atoms with Crippen molar-refractivity contribution in [1.29, 1.82) is 0 Å². The third-order valence-electron chi connectivity index (χ3n) is 2.03. The standard InChI is InChI=1S/C9H8F3NO2/c1-8(10)9(11,12)15-7-4-5(13)2-3-6(7)14-8/h2-4H,13H2,1H3. The van der Waals surface area contributed by atoms with Gasteiger partial charge in [-0.25, -0.2) is 0 Å². The van der Waals surface area contributed by atoms with E-state index in [4.69, 9.17) is 5.73 Å². The van der Waals surface area contributed by atoms with Gasteiger partial charge >= 0.3 is 12.0 Å². The predicted molar refractivity (Wildman–Crippen MR) is 46.6 cm³/mol. The van der Waals surface area contributed by atoms with Gasteiger partial charge in [-0.15, -0.1) is 0 Å². The molecule has 1 unspecified atom stereocenters. The summed E-state index contributed by atoms with van der Waals surface area (Å²) in [6, 6.07) is 3.83. The van der Waals surface area contributed by atoms with Crippen LogP contribution in [0.4, 0.5) is 18.9 Å². The molecule has 1 aromatic rings. The third kappa shape index (κ3) is 1.45. The lowest BCUT2D eigenvalue weighted by atomic mass is 10.2. The SMILES string of the molecule is CC1(F)Oc2ccc(N)cc2OC1(F)F. The molecule has 0 radical (unpaired) electrons. The van der Waals surface area contributed by atoms with Gasteiger partial charge in [0.1, 0.15) is 0 Å². The maximum Gasteiger partial charge on any atom is 0.471 e. The van der Waals surface area contributed by atoms with Crippen LogP contribution in [0.1, 0.15) is 6.92 Å². The first-order valence-electron chi connectivity index (χ1n) is 4.16. The van der Waals surface area contributed by atoms with Crippen LogP contribution >= 0.6 is 0 Å². The topological polar surface area (TPSA) is 44.5 Å². The van der Waals surface area contributed by atoms with Crippen LogP contribution in [-0.4, -0.2) is 12.0 Å². The average molecular weight is 219 g/mol. The number of fused-ring (bicyclic) bond motifs is 1. The fourth-order valence-corrected chi connectivity index (χ4v) is 1.18. The van der Waals surface area contributed by atoms with E-state index in [2.05, 4.69) is 9.47 Å². The Bertz CT molecular complexity index is 406. The number of nitrogens with two attached hydrogens (primary N) is 1. The Kier molecular flexibility index (Phi) is 1.80. The maximum absolute atomic E-state index is 13.3. The van der Waals surface area contributed by atoms with Crippen LogP contribution in [0.3, 0.4) is 0 Å². The van der Waals surface area contributed by atoms with E-state index < -0.39 is 12.0 Å². The number of hydrogen-bond donors (Lipinski definition) is 1. The zero-order chi connectivity index (χ0) is 11.3. The smallest absolute Gasteiger partial charge is 0.446 e. The van der Waals surface area contributed by atoms with Gasteiger partial charge in [-0.3, -0.25) is 0 Å². The minimum atomic E-state index is -4.03. The van der Waals surface area contributed by atoms with E-state index in [9.17, 15) is 13.2 Å². The summed E-state index contributed by atoms with van der Waals surface area (Å²) in [5.74, 6) is -3.55. The van der Waals surface area contributed by atoms with Gasteiger partial charge in [0.05, 0.1) is 0 Å². The molecular weight excluding hydrogens is 211 g/mol.